The number of nitrogens with one attached hydrogen (secondary N) is 1. The summed E-state index contributed by atoms with van der Waals surface area (Å²) in [5, 5.41) is 2.96. The molecular weight excluding hydrogens is 324 g/mol. The third-order valence-corrected chi connectivity index (χ3v) is 5.81. The van der Waals surface area contributed by atoms with Crippen LogP contribution in [0.15, 0.2) is 30.3 Å². The second kappa shape index (κ2) is 8.15. The fourth-order valence-corrected chi connectivity index (χ4v) is 4.27. The van der Waals surface area contributed by atoms with Crippen molar-refractivity contribution in [2.75, 3.05) is 0 Å². The minimum Gasteiger partial charge on any atom is -0.445 e. The zero-order valence-electron chi connectivity index (χ0n) is 14.7. The van der Waals surface area contributed by atoms with Crippen molar-refractivity contribution in [1.29, 1.82) is 0 Å². The van der Waals surface area contributed by atoms with E-state index < -0.39 is 12.3 Å². The van der Waals surface area contributed by atoms with Crippen molar-refractivity contribution in [3.05, 3.63) is 35.9 Å². The number of alkyl halides is 2. The van der Waals surface area contributed by atoms with Gasteiger partial charge in [-0.25, -0.2) is 13.6 Å². The van der Waals surface area contributed by atoms with Crippen LogP contribution >= 0.6 is 0 Å². The SMILES string of the molecule is CC(CC1C2CCC(NC(=O)OCc3ccccc3)CCC21)C(F)F. The number of halogens is 2. The molecular formula is C20H27F2NO2. The van der Waals surface area contributed by atoms with Gasteiger partial charge in [0.15, 0.2) is 0 Å². The third kappa shape index (κ3) is 4.93. The predicted molar refractivity (Wildman–Crippen MR) is 92.3 cm³/mol. The van der Waals surface area contributed by atoms with E-state index in [1.54, 1.807) is 6.92 Å². The quantitative estimate of drug-likeness (QED) is 0.782. The van der Waals surface area contributed by atoms with Crippen LogP contribution in [0.4, 0.5) is 13.6 Å². The maximum Gasteiger partial charge on any atom is 0.407 e. The molecule has 25 heavy (non-hydrogen) atoms. The highest BCUT2D eigenvalue weighted by Gasteiger charge is 2.51. The Labute approximate surface area is 148 Å². The second-order valence-electron chi connectivity index (χ2n) is 7.60. The Morgan fingerprint density at radius 2 is 1.80 bits per heavy atom. The van der Waals surface area contributed by atoms with Gasteiger partial charge in [0.25, 0.3) is 0 Å². The molecule has 1 N–H and O–H groups in total. The lowest BCUT2D eigenvalue weighted by Gasteiger charge is -2.18. The smallest absolute Gasteiger partial charge is 0.407 e. The van der Waals surface area contributed by atoms with Crippen LogP contribution in [0.25, 0.3) is 0 Å². The first-order chi connectivity index (χ1) is 12.0. The molecule has 2 saturated carbocycles. The van der Waals surface area contributed by atoms with Gasteiger partial charge in [0, 0.05) is 12.0 Å². The molecule has 0 saturated heterocycles. The Bertz CT molecular complexity index is 552. The third-order valence-electron chi connectivity index (χ3n) is 5.81. The number of rotatable bonds is 6. The van der Waals surface area contributed by atoms with E-state index in [0.717, 1.165) is 31.2 Å². The Morgan fingerprint density at radius 1 is 1.16 bits per heavy atom. The maximum absolute atomic E-state index is 12.7. The van der Waals surface area contributed by atoms with Crippen LogP contribution in [0.2, 0.25) is 0 Å². The average molecular weight is 351 g/mol. The summed E-state index contributed by atoms with van der Waals surface area (Å²) in [6, 6.07) is 9.75. The van der Waals surface area contributed by atoms with E-state index >= 15 is 0 Å². The molecule has 3 nitrogen and oxygen atoms in total. The molecule has 3 unspecified atom stereocenters. The number of hydrogen-bond acceptors (Lipinski definition) is 2. The number of carbonyl (C=O) groups excluding carboxylic acids is 1. The van der Waals surface area contributed by atoms with Crippen LogP contribution in [0, 0.1) is 23.7 Å². The van der Waals surface area contributed by atoms with Crippen molar-refractivity contribution >= 4 is 6.09 Å². The summed E-state index contributed by atoms with van der Waals surface area (Å²) in [5.74, 6) is 1.12. The van der Waals surface area contributed by atoms with E-state index in [0.29, 0.717) is 24.2 Å². The topological polar surface area (TPSA) is 38.3 Å². The molecule has 0 radical (unpaired) electrons. The zero-order chi connectivity index (χ0) is 17.8. The van der Waals surface area contributed by atoms with Crippen molar-refractivity contribution in [2.45, 2.75) is 58.1 Å². The highest BCUT2D eigenvalue weighted by molar-refractivity contribution is 5.67. The molecule has 1 aromatic rings. The molecule has 0 aromatic heterocycles. The number of ether oxygens (including phenoxy) is 1. The normalized spacial score (nSPS) is 29.4. The largest absolute Gasteiger partial charge is 0.445 e. The van der Waals surface area contributed by atoms with E-state index in [1.165, 1.54) is 0 Å². The summed E-state index contributed by atoms with van der Waals surface area (Å²) in [4.78, 5) is 12.0. The van der Waals surface area contributed by atoms with Gasteiger partial charge >= 0.3 is 6.09 Å². The Balaban J connectivity index is 1.37. The van der Waals surface area contributed by atoms with Gasteiger partial charge in [-0.15, -0.1) is 0 Å². The molecule has 3 atom stereocenters. The van der Waals surface area contributed by atoms with Crippen LogP contribution in [0.3, 0.4) is 0 Å². The van der Waals surface area contributed by atoms with Gasteiger partial charge in [-0.1, -0.05) is 37.3 Å². The van der Waals surface area contributed by atoms with Crippen LogP contribution < -0.4 is 5.32 Å². The fourth-order valence-electron chi connectivity index (χ4n) is 4.27. The standard InChI is InChI=1S/C20H27F2NO2/c1-13(19(21)22)11-18-16-9-7-15(8-10-17(16)18)23-20(24)25-12-14-5-3-2-4-6-14/h2-6,13,15-19H,7-12H2,1H3,(H,23,24). The summed E-state index contributed by atoms with van der Waals surface area (Å²) in [6.45, 7) is 1.92. The number of hydrogen-bond donors (Lipinski definition) is 1. The number of fused-ring (bicyclic) bond motifs is 1. The molecule has 2 fully saturated rings. The Hall–Kier alpha value is -1.65. The highest BCUT2D eigenvalue weighted by Crippen LogP contribution is 2.57. The number of amides is 1. The van der Waals surface area contributed by atoms with Crippen molar-refractivity contribution in [3.63, 3.8) is 0 Å². The van der Waals surface area contributed by atoms with Crippen molar-refractivity contribution in [3.8, 4) is 0 Å². The summed E-state index contributed by atoms with van der Waals surface area (Å²) < 4.78 is 30.7. The average Bonchev–Trinajstić information content (AvgIpc) is 3.31. The van der Waals surface area contributed by atoms with Gasteiger partial charge in [0.05, 0.1) is 0 Å². The van der Waals surface area contributed by atoms with Crippen molar-refractivity contribution in [1.82, 2.24) is 5.32 Å². The molecule has 2 aliphatic carbocycles. The summed E-state index contributed by atoms with van der Waals surface area (Å²) >= 11 is 0. The lowest BCUT2D eigenvalue weighted by Crippen LogP contribution is -2.35. The van der Waals surface area contributed by atoms with Gasteiger partial charge < -0.3 is 10.1 Å². The Kier molecular flexibility index (Phi) is 5.92. The summed E-state index contributed by atoms with van der Waals surface area (Å²) in [5.41, 5.74) is 0.968. The molecule has 2 aliphatic rings. The van der Waals surface area contributed by atoms with Crippen molar-refractivity contribution in [2.24, 2.45) is 23.7 Å². The number of alkyl carbamates (subject to hydrolysis) is 1. The van der Waals surface area contributed by atoms with E-state index in [-0.39, 0.29) is 18.7 Å². The molecule has 0 spiro atoms. The summed E-state index contributed by atoms with van der Waals surface area (Å²) in [7, 11) is 0. The molecule has 0 heterocycles. The monoisotopic (exact) mass is 351 g/mol. The minimum atomic E-state index is -2.21. The van der Waals surface area contributed by atoms with Gasteiger partial charge in [-0.05, 0) is 55.4 Å². The molecule has 3 rings (SSSR count). The molecule has 1 aromatic carbocycles. The molecule has 1 amide bonds. The maximum atomic E-state index is 12.7. The lowest BCUT2D eigenvalue weighted by atomic mass is 9.98. The molecule has 5 heteroatoms. The van der Waals surface area contributed by atoms with Gasteiger partial charge in [0.1, 0.15) is 6.61 Å². The first-order valence-corrected chi connectivity index (χ1v) is 9.30. The van der Waals surface area contributed by atoms with Crippen LogP contribution in [0.1, 0.15) is 44.6 Å². The molecule has 0 bridgehead atoms. The number of carbonyl (C=O) groups is 1. The van der Waals surface area contributed by atoms with Gasteiger partial charge in [-0.2, -0.15) is 0 Å². The Morgan fingerprint density at radius 3 is 2.40 bits per heavy atom. The lowest BCUT2D eigenvalue weighted by molar-refractivity contribution is 0.0770. The van der Waals surface area contributed by atoms with Crippen LogP contribution in [-0.2, 0) is 11.3 Å². The number of benzene rings is 1. The fraction of sp³-hybridized carbons (Fsp3) is 0.650. The van der Waals surface area contributed by atoms with Crippen LogP contribution in [-0.4, -0.2) is 18.6 Å². The van der Waals surface area contributed by atoms with E-state index in [4.69, 9.17) is 4.74 Å². The molecule has 138 valence electrons. The van der Waals surface area contributed by atoms with Crippen molar-refractivity contribution < 1.29 is 18.3 Å². The second-order valence-corrected chi connectivity index (χ2v) is 7.60. The van der Waals surface area contributed by atoms with E-state index in [9.17, 15) is 13.6 Å². The summed E-state index contributed by atoms with van der Waals surface area (Å²) in [6.07, 6.45) is 1.95. The minimum absolute atomic E-state index is 0.143. The first kappa shape index (κ1) is 18.2. The highest BCUT2D eigenvalue weighted by atomic mass is 19.3. The van der Waals surface area contributed by atoms with E-state index in [2.05, 4.69) is 5.32 Å². The van der Waals surface area contributed by atoms with Crippen LogP contribution in [0.5, 0.6) is 0 Å². The van der Waals surface area contributed by atoms with Gasteiger partial charge in [0.2, 0.25) is 6.43 Å². The predicted octanol–water partition coefficient (Wildman–Crippen LogP) is 5.01. The first-order valence-electron chi connectivity index (χ1n) is 9.30. The zero-order valence-corrected chi connectivity index (χ0v) is 14.7. The molecule has 0 aliphatic heterocycles. The van der Waals surface area contributed by atoms with E-state index in [1.807, 2.05) is 30.3 Å². The van der Waals surface area contributed by atoms with Gasteiger partial charge in [-0.3, -0.25) is 0 Å².